The van der Waals surface area contributed by atoms with Gasteiger partial charge in [-0.3, -0.25) is 4.57 Å². The Kier molecular flexibility index (Phi) is 8.17. The van der Waals surface area contributed by atoms with Gasteiger partial charge in [0, 0.05) is 16.8 Å². The number of aromatic nitrogens is 4. The van der Waals surface area contributed by atoms with E-state index in [1.54, 1.807) is 48.5 Å². The van der Waals surface area contributed by atoms with Gasteiger partial charge in [-0.2, -0.15) is 14.4 Å². The molecule has 0 aliphatic heterocycles. The number of halogens is 2. The first kappa shape index (κ1) is 26.9. The summed E-state index contributed by atoms with van der Waals surface area (Å²) in [6, 6.07) is 17.1. The molecule has 0 saturated heterocycles. The molecule has 2 heterocycles. The minimum atomic E-state index is -2.11. The molecule has 2 aromatic carbocycles. The number of ether oxygens (including phenoxy) is 1. The van der Waals surface area contributed by atoms with Crippen molar-refractivity contribution in [3.8, 4) is 11.6 Å². The van der Waals surface area contributed by atoms with E-state index in [1.807, 2.05) is 0 Å². The molecule has 0 atom stereocenters. The third-order valence-corrected chi connectivity index (χ3v) is 5.72. The Labute approximate surface area is 220 Å². The third-order valence-electron chi connectivity index (χ3n) is 5.47. The fourth-order valence-electron chi connectivity index (χ4n) is 3.42. The number of aliphatic hydroxyl groups is 3. The van der Waals surface area contributed by atoms with Gasteiger partial charge in [0.2, 0.25) is 17.8 Å². The van der Waals surface area contributed by atoms with E-state index < -0.39 is 42.7 Å². The normalized spacial score (nSPS) is 11.4. The summed E-state index contributed by atoms with van der Waals surface area (Å²) < 4.78 is 20.6. The molecular formula is C25H23ClFN5O6. The smallest absolute Gasteiger partial charge is 0.355 e. The molecular weight excluding hydrogens is 521 g/mol. The van der Waals surface area contributed by atoms with Crippen LogP contribution in [0, 0.1) is 5.95 Å². The number of anilines is 2. The molecule has 0 amide bonds. The molecule has 0 aliphatic rings. The molecule has 2 aromatic heterocycles. The fraction of sp³-hybridized carbons (Fsp3) is 0.200. The minimum Gasteiger partial charge on any atom is -0.439 e. The van der Waals surface area contributed by atoms with Crippen molar-refractivity contribution in [1.29, 1.82) is 0 Å². The van der Waals surface area contributed by atoms with Gasteiger partial charge >= 0.3 is 11.4 Å². The Morgan fingerprint density at radius 2 is 1.63 bits per heavy atom. The number of nitrogens with one attached hydrogen (secondary N) is 1. The van der Waals surface area contributed by atoms with Gasteiger partial charge in [0.05, 0.1) is 26.3 Å². The van der Waals surface area contributed by atoms with Crippen LogP contribution in [0.25, 0.3) is 0 Å². The molecule has 38 heavy (non-hydrogen) atoms. The first-order valence-electron chi connectivity index (χ1n) is 11.3. The second-order valence-corrected chi connectivity index (χ2v) is 8.83. The lowest BCUT2D eigenvalue weighted by molar-refractivity contribution is -0.0675. The average molecular weight is 544 g/mol. The molecule has 0 radical (unpaired) electrons. The summed E-state index contributed by atoms with van der Waals surface area (Å²) in [5.74, 6) is -0.346. The van der Waals surface area contributed by atoms with Crippen molar-refractivity contribution in [2.24, 2.45) is 0 Å². The molecule has 13 heteroatoms. The zero-order valence-corrected chi connectivity index (χ0v) is 20.5. The van der Waals surface area contributed by atoms with Gasteiger partial charge in [-0.25, -0.2) is 14.2 Å². The molecule has 11 nitrogen and oxygen atoms in total. The van der Waals surface area contributed by atoms with Crippen LogP contribution in [0.15, 0.2) is 76.3 Å². The lowest BCUT2D eigenvalue weighted by atomic mass is 10.1. The summed E-state index contributed by atoms with van der Waals surface area (Å²) in [6.45, 7) is -2.46. The number of nitrogens with zero attached hydrogens (tertiary/aromatic N) is 4. The Bertz CT molecular complexity index is 1520. The molecule has 4 N–H and O–H groups in total. The van der Waals surface area contributed by atoms with Crippen LogP contribution in [0.5, 0.6) is 11.6 Å². The van der Waals surface area contributed by atoms with Crippen molar-refractivity contribution >= 4 is 23.2 Å². The van der Waals surface area contributed by atoms with Gasteiger partial charge in [0.25, 0.3) is 0 Å². The largest absolute Gasteiger partial charge is 0.439 e. The van der Waals surface area contributed by atoms with Gasteiger partial charge in [-0.1, -0.05) is 29.8 Å². The molecule has 0 aliphatic carbocycles. The van der Waals surface area contributed by atoms with Gasteiger partial charge in [-0.15, -0.1) is 0 Å². The predicted molar refractivity (Wildman–Crippen MR) is 136 cm³/mol. The Balaban J connectivity index is 1.67. The minimum absolute atomic E-state index is 0.0191. The highest BCUT2D eigenvalue weighted by molar-refractivity contribution is 6.30. The van der Waals surface area contributed by atoms with Gasteiger partial charge in [0.1, 0.15) is 11.4 Å². The van der Waals surface area contributed by atoms with E-state index in [2.05, 4.69) is 15.3 Å². The van der Waals surface area contributed by atoms with Crippen LogP contribution in [0.3, 0.4) is 0 Å². The Morgan fingerprint density at radius 3 is 2.26 bits per heavy atom. The van der Waals surface area contributed by atoms with E-state index in [4.69, 9.17) is 16.3 Å². The highest BCUT2D eigenvalue weighted by Crippen LogP contribution is 2.23. The van der Waals surface area contributed by atoms with E-state index >= 15 is 0 Å². The van der Waals surface area contributed by atoms with Crippen molar-refractivity contribution in [2.75, 3.05) is 18.5 Å². The fourth-order valence-corrected chi connectivity index (χ4v) is 3.55. The summed E-state index contributed by atoms with van der Waals surface area (Å²) in [7, 11) is 0. The molecule has 0 bridgehead atoms. The van der Waals surface area contributed by atoms with E-state index in [9.17, 15) is 29.3 Å². The predicted octanol–water partition coefficient (Wildman–Crippen LogP) is 1.89. The van der Waals surface area contributed by atoms with Gasteiger partial charge < -0.3 is 25.4 Å². The summed E-state index contributed by atoms with van der Waals surface area (Å²) in [6.07, 6.45) is 0. The molecule has 0 saturated carbocycles. The highest BCUT2D eigenvalue weighted by atomic mass is 35.5. The van der Waals surface area contributed by atoms with Crippen LogP contribution in [-0.4, -0.2) is 53.2 Å². The second-order valence-electron chi connectivity index (χ2n) is 8.39. The number of hydrogen-bond acceptors (Lipinski definition) is 9. The molecule has 4 aromatic rings. The van der Waals surface area contributed by atoms with Crippen LogP contribution in [0.1, 0.15) is 5.56 Å². The lowest BCUT2D eigenvalue weighted by Gasteiger charge is -2.24. The zero-order valence-electron chi connectivity index (χ0n) is 19.8. The van der Waals surface area contributed by atoms with Crippen molar-refractivity contribution in [1.82, 2.24) is 19.1 Å². The van der Waals surface area contributed by atoms with Crippen molar-refractivity contribution in [3.63, 3.8) is 0 Å². The summed E-state index contributed by atoms with van der Waals surface area (Å²) in [5.41, 5.74) is -2.83. The van der Waals surface area contributed by atoms with Crippen LogP contribution >= 0.6 is 11.6 Å². The zero-order chi connectivity index (χ0) is 27.3. The van der Waals surface area contributed by atoms with Crippen molar-refractivity contribution in [2.45, 2.75) is 18.7 Å². The molecule has 0 unspecified atom stereocenters. The maximum Gasteiger partial charge on any atom is 0.355 e. The van der Waals surface area contributed by atoms with E-state index in [-0.39, 0.29) is 18.4 Å². The number of benzene rings is 2. The van der Waals surface area contributed by atoms with Crippen LogP contribution in [-0.2, 0) is 13.1 Å². The third kappa shape index (κ3) is 6.42. The first-order valence-corrected chi connectivity index (χ1v) is 11.7. The maximum absolute atomic E-state index is 13.4. The summed E-state index contributed by atoms with van der Waals surface area (Å²) in [4.78, 5) is 33.7. The van der Waals surface area contributed by atoms with Crippen molar-refractivity contribution < 1.29 is 24.4 Å². The Hall–Kier alpha value is -4.10. The van der Waals surface area contributed by atoms with E-state index in [0.717, 1.165) is 0 Å². The molecule has 0 spiro atoms. The van der Waals surface area contributed by atoms with Crippen LogP contribution in [0.4, 0.5) is 16.0 Å². The standard InChI is InChI=1S/C25H23ClFN5O6/c26-17-6-4-16(5-7-17)12-31-22(30-23(35)32(24(31)36)13-25(37,14-33)15-34)28-18-8-10-19(11-9-18)38-21-3-1-2-20(27)29-21/h1-11,33-34,37H,12-15H2,(H,28,30,35). The second kappa shape index (κ2) is 11.5. The number of rotatable bonds is 10. The first-order chi connectivity index (χ1) is 18.2. The lowest BCUT2D eigenvalue weighted by Crippen LogP contribution is -2.51. The monoisotopic (exact) mass is 543 g/mol. The van der Waals surface area contributed by atoms with E-state index in [0.29, 0.717) is 26.6 Å². The molecule has 0 fully saturated rings. The van der Waals surface area contributed by atoms with Crippen LogP contribution in [0.2, 0.25) is 5.02 Å². The maximum atomic E-state index is 13.4. The average Bonchev–Trinajstić information content (AvgIpc) is 2.91. The molecule has 4 rings (SSSR count). The number of aliphatic hydroxyl groups excluding tert-OH is 2. The highest BCUT2D eigenvalue weighted by Gasteiger charge is 2.28. The van der Waals surface area contributed by atoms with Gasteiger partial charge in [-0.05, 0) is 48.0 Å². The Morgan fingerprint density at radius 1 is 0.947 bits per heavy atom. The van der Waals surface area contributed by atoms with Gasteiger partial charge in [0.15, 0.2) is 0 Å². The van der Waals surface area contributed by atoms with Crippen LogP contribution < -0.4 is 21.4 Å². The number of pyridine rings is 1. The quantitative estimate of drug-likeness (QED) is 0.220. The summed E-state index contributed by atoms with van der Waals surface area (Å²) >= 11 is 5.96. The topological polar surface area (TPSA) is 152 Å². The SMILES string of the molecule is O=c1nc(Nc2ccc(Oc3cccc(F)n3)cc2)n(Cc2ccc(Cl)cc2)c(=O)n1CC(O)(CO)CO. The summed E-state index contributed by atoms with van der Waals surface area (Å²) in [5, 5.41) is 32.6. The number of hydrogen-bond donors (Lipinski definition) is 4. The van der Waals surface area contributed by atoms with Crippen molar-refractivity contribution in [3.05, 3.63) is 104 Å². The van der Waals surface area contributed by atoms with E-state index in [1.165, 1.54) is 22.8 Å². The molecule has 198 valence electrons.